The van der Waals surface area contributed by atoms with Gasteiger partial charge in [-0.1, -0.05) is 71.0 Å². The zero-order chi connectivity index (χ0) is 41.7. The summed E-state index contributed by atoms with van der Waals surface area (Å²) in [5, 5.41) is 47.2. The quantitative estimate of drug-likeness (QED) is 0.0466. The van der Waals surface area contributed by atoms with Gasteiger partial charge in [-0.2, -0.15) is 0 Å². The van der Waals surface area contributed by atoms with Crippen molar-refractivity contribution in [2.24, 2.45) is 5.41 Å². The molecule has 0 saturated heterocycles. The second-order valence-electron chi connectivity index (χ2n) is 13.7. The second kappa shape index (κ2) is 29.1. The van der Waals surface area contributed by atoms with Crippen molar-refractivity contribution in [3.05, 3.63) is 109 Å². The Labute approximate surface area is 339 Å². The van der Waals surface area contributed by atoms with Crippen LogP contribution in [0.25, 0.3) is 0 Å². The normalized spacial score (nSPS) is 13.9. The predicted molar refractivity (Wildman–Crippen MR) is 224 cm³/mol. The molecular formula is C46H66O11. The average molecular weight is 795 g/mol. The van der Waals surface area contributed by atoms with Crippen LogP contribution in [0.3, 0.4) is 0 Å². The number of hydrogen-bond donors (Lipinski definition) is 5. The molecular weight excluding hydrogens is 728 g/mol. The lowest BCUT2D eigenvalue weighted by atomic mass is 9.88. The molecule has 0 amide bonds. The largest absolute Gasteiger partial charge is 0.491 e. The van der Waals surface area contributed by atoms with Crippen LogP contribution in [0.15, 0.2) is 109 Å². The first-order valence-electron chi connectivity index (χ1n) is 20.0. The summed E-state index contributed by atoms with van der Waals surface area (Å²) in [5.41, 5.74) is -0.457. The molecule has 0 spiro atoms. The monoisotopic (exact) mass is 794 g/mol. The molecule has 11 heteroatoms. The highest BCUT2D eigenvalue weighted by Gasteiger charge is 2.29. The average Bonchev–Trinajstić information content (AvgIpc) is 3.26. The van der Waals surface area contributed by atoms with Crippen molar-refractivity contribution in [3.63, 3.8) is 0 Å². The van der Waals surface area contributed by atoms with Crippen LogP contribution in [0.5, 0.6) is 34.5 Å². The molecule has 11 nitrogen and oxygen atoms in total. The van der Waals surface area contributed by atoms with Gasteiger partial charge in [-0.05, 0) is 105 Å². The molecule has 0 aromatic heterocycles. The summed E-state index contributed by atoms with van der Waals surface area (Å²) in [5.74, 6) is 4.58. The summed E-state index contributed by atoms with van der Waals surface area (Å²) in [4.78, 5) is 0. The van der Waals surface area contributed by atoms with Gasteiger partial charge < -0.3 is 54.0 Å². The molecule has 4 aromatic rings. The number of aliphatic hydroxyl groups excluding tert-OH is 5. The van der Waals surface area contributed by atoms with Crippen molar-refractivity contribution in [1.29, 1.82) is 0 Å². The highest BCUT2D eigenvalue weighted by molar-refractivity contribution is 5.36. The third-order valence-corrected chi connectivity index (χ3v) is 8.90. The molecule has 4 aromatic carbocycles. The Morgan fingerprint density at radius 3 is 1.02 bits per heavy atom. The van der Waals surface area contributed by atoms with E-state index in [1.165, 1.54) is 0 Å². The maximum absolute atomic E-state index is 9.54. The zero-order valence-corrected chi connectivity index (χ0v) is 34.4. The van der Waals surface area contributed by atoms with E-state index in [1.54, 1.807) is 0 Å². The van der Waals surface area contributed by atoms with E-state index >= 15 is 0 Å². The number of rotatable bonds is 24. The Hall–Kier alpha value is -4.20. The van der Waals surface area contributed by atoms with Gasteiger partial charge >= 0.3 is 0 Å². The smallest absolute Gasteiger partial charge is 0.127 e. The molecule has 0 aliphatic rings. The number of para-hydroxylation sites is 2. The van der Waals surface area contributed by atoms with Gasteiger partial charge in [0, 0.05) is 5.41 Å². The van der Waals surface area contributed by atoms with E-state index in [4.69, 9.17) is 28.4 Å². The molecule has 57 heavy (non-hydrogen) atoms. The fourth-order valence-corrected chi connectivity index (χ4v) is 4.59. The highest BCUT2D eigenvalue weighted by Crippen LogP contribution is 2.25. The molecule has 4 unspecified atom stereocenters. The van der Waals surface area contributed by atoms with E-state index in [-0.39, 0.29) is 19.8 Å². The van der Waals surface area contributed by atoms with Crippen molar-refractivity contribution < 1.29 is 54.0 Å². The Bertz CT molecular complexity index is 1410. The first kappa shape index (κ1) is 48.9. The molecule has 0 aliphatic carbocycles. The third kappa shape index (κ3) is 21.2. The summed E-state index contributed by atoms with van der Waals surface area (Å²) in [6.45, 7) is 11.4. The number of benzene rings is 4. The number of hydrogen-bond acceptors (Lipinski definition) is 11. The molecule has 4 rings (SSSR count). The molecule has 0 bridgehead atoms. The van der Waals surface area contributed by atoms with E-state index in [2.05, 4.69) is 0 Å². The minimum absolute atomic E-state index is 0.0338. The van der Waals surface area contributed by atoms with Crippen LogP contribution < -0.4 is 18.9 Å². The van der Waals surface area contributed by atoms with E-state index in [9.17, 15) is 25.5 Å². The van der Waals surface area contributed by atoms with Crippen molar-refractivity contribution in [2.75, 3.05) is 46.2 Å². The number of ether oxygens (including phenoxy) is 6. The van der Waals surface area contributed by atoms with Gasteiger partial charge in [0.25, 0.3) is 0 Å². The summed E-state index contributed by atoms with van der Waals surface area (Å²) in [6.07, 6.45) is 1.64. The van der Waals surface area contributed by atoms with Crippen molar-refractivity contribution in [3.8, 4) is 34.5 Å². The lowest BCUT2D eigenvalue weighted by Gasteiger charge is -2.30. The molecule has 0 radical (unpaired) electrons. The first-order chi connectivity index (χ1) is 27.6. The molecule has 0 heterocycles. The summed E-state index contributed by atoms with van der Waals surface area (Å²) < 4.78 is 33.2. The number of aliphatic hydroxyl groups is 5. The van der Waals surface area contributed by atoms with Crippen LogP contribution >= 0.6 is 0 Å². The summed E-state index contributed by atoms with van der Waals surface area (Å²) in [7, 11) is 0. The van der Waals surface area contributed by atoms with Gasteiger partial charge in [-0.25, -0.2) is 0 Å². The molecule has 0 aliphatic heterocycles. The first-order valence-corrected chi connectivity index (χ1v) is 20.0. The lowest BCUT2D eigenvalue weighted by molar-refractivity contribution is -0.0799. The van der Waals surface area contributed by atoms with E-state index in [1.807, 2.05) is 144 Å². The maximum Gasteiger partial charge on any atom is 0.127 e. The second-order valence-corrected chi connectivity index (χ2v) is 13.7. The third-order valence-electron chi connectivity index (χ3n) is 8.90. The Kier molecular flexibility index (Phi) is 25.0. The van der Waals surface area contributed by atoms with Crippen molar-refractivity contribution in [2.45, 2.75) is 91.1 Å². The van der Waals surface area contributed by atoms with Crippen LogP contribution in [0.1, 0.15) is 66.7 Å². The fourth-order valence-electron chi connectivity index (χ4n) is 4.59. The Balaban J connectivity index is 0.000000295. The van der Waals surface area contributed by atoms with Gasteiger partial charge in [0.2, 0.25) is 0 Å². The molecule has 316 valence electrons. The minimum Gasteiger partial charge on any atom is -0.491 e. The zero-order valence-electron chi connectivity index (χ0n) is 34.4. The van der Waals surface area contributed by atoms with Gasteiger partial charge in [-0.3, -0.25) is 0 Å². The van der Waals surface area contributed by atoms with Gasteiger partial charge in [0.1, 0.15) is 47.7 Å². The van der Waals surface area contributed by atoms with Crippen LogP contribution in [-0.4, -0.2) is 96.2 Å². The standard InChI is InChI=1S/2C16H18O3.C14H30O5/c2*1-2-13(17)12-18-14-8-10-16(11-9-14)19-15-6-4-3-5-7-15;1-4-12(16)7-18-10-14(6-3,9-15)11-19-8-13(17)5-2/h2*3-11,13,17H,2,12H2,1H3;12-13,15-17H,4-11H2,1-3H3. The van der Waals surface area contributed by atoms with Crippen molar-refractivity contribution >= 4 is 0 Å². The highest BCUT2D eigenvalue weighted by atomic mass is 16.5. The van der Waals surface area contributed by atoms with Crippen LogP contribution in [0.2, 0.25) is 0 Å². The molecule has 5 N–H and O–H groups in total. The Morgan fingerprint density at radius 2 is 0.719 bits per heavy atom. The topological polar surface area (TPSA) is 157 Å². The van der Waals surface area contributed by atoms with E-state index < -0.39 is 29.8 Å². The predicted octanol–water partition coefficient (Wildman–Crippen LogP) is 8.21. The lowest BCUT2D eigenvalue weighted by Crippen LogP contribution is -2.37. The minimum atomic E-state index is -0.462. The summed E-state index contributed by atoms with van der Waals surface area (Å²) in [6, 6.07) is 34.0. The van der Waals surface area contributed by atoms with Gasteiger partial charge in [0.15, 0.2) is 0 Å². The fraction of sp³-hybridized carbons (Fsp3) is 0.478. The van der Waals surface area contributed by atoms with Crippen LogP contribution in [0.4, 0.5) is 0 Å². The summed E-state index contributed by atoms with van der Waals surface area (Å²) >= 11 is 0. The Morgan fingerprint density at radius 1 is 0.421 bits per heavy atom. The van der Waals surface area contributed by atoms with Gasteiger partial charge in [0.05, 0.1) is 57.5 Å². The van der Waals surface area contributed by atoms with E-state index in [0.29, 0.717) is 58.5 Å². The van der Waals surface area contributed by atoms with Gasteiger partial charge in [-0.15, -0.1) is 0 Å². The van der Waals surface area contributed by atoms with Crippen LogP contribution in [-0.2, 0) is 9.47 Å². The SMILES string of the molecule is CCC(O)COCC(CC)(CO)COCC(O)CC.CCC(O)COc1ccc(Oc2ccccc2)cc1.CCC(O)COc1ccc(Oc2ccccc2)cc1. The molecule has 0 fully saturated rings. The van der Waals surface area contributed by atoms with Crippen molar-refractivity contribution in [1.82, 2.24) is 0 Å². The molecule has 4 atom stereocenters. The maximum atomic E-state index is 9.54. The van der Waals surface area contributed by atoms with E-state index in [0.717, 1.165) is 34.5 Å². The van der Waals surface area contributed by atoms with Crippen LogP contribution in [0, 0.1) is 5.41 Å². The molecule has 0 saturated carbocycles.